The lowest BCUT2D eigenvalue weighted by Gasteiger charge is -2.28. The zero-order valence-electron chi connectivity index (χ0n) is 10.5. The highest BCUT2D eigenvalue weighted by Crippen LogP contribution is 2.24. The first-order valence-corrected chi connectivity index (χ1v) is 6.67. The lowest BCUT2D eigenvalue weighted by atomic mass is 10.1. The molecule has 1 aromatic heterocycles. The zero-order valence-corrected chi connectivity index (χ0v) is 11.2. The third kappa shape index (κ3) is 2.93. The molecule has 0 radical (unpaired) electrons. The lowest BCUT2D eigenvalue weighted by molar-refractivity contribution is 0.0520. The second kappa shape index (κ2) is 6.05. The van der Waals surface area contributed by atoms with Crippen LogP contribution < -0.4 is 4.90 Å². The fourth-order valence-corrected chi connectivity index (χ4v) is 2.34. The highest BCUT2D eigenvalue weighted by molar-refractivity contribution is 6.33. The number of ether oxygens (including phenoxy) is 1. The zero-order chi connectivity index (χ0) is 13.0. The van der Waals surface area contributed by atoms with E-state index in [4.69, 9.17) is 16.3 Å². The van der Waals surface area contributed by atoms with Crippen LogP contribution in [0, 0.1) is 0 Å². The summed E-state index contributed by atoms with van der Waals surface area (Å²) in [4.78, 5) is 17.9. The van der Waals surface area contributed by atoms with Crippen molar-refractivity contribution >= 4 is 23.3 Å². The Morgan fingerprint density at radius 2 is 2.17 bits per heavy atom. The molecule has 18 heavy (non-hydrogen) atoms. The van der Waals surface area contributed by atoms with Gasteiger partial charge in [-0.2, -0.15) is 0 Å². The summed E-state index contributed by atoms with van der Waals surface area (Å²) in [6.45, 7) is 4.13. The number of halogens is 1. The van der Waals surface area contributed by atoms with Crippen LogP contribution in [-0.2, 0) is 4.74 Å². The molecule has 1 aliphatic rings. The van der Waals surface area contributed by atoms with Crippen LogP contribution in [0.4, 0.5) is 5.69 Å². The van der Waals surface area contributed by atoms with Gasteiger partial charge in [-0.1, -0.05) is 11.6 Å². The van der Waals surface area contributed by atoms with E-state index in [-0.39, 0.29) is 5.69 Å². The Kier molecular flexibility index (Phi) is 4.42. The molecule has 0 atom stereocenters. The molecule has 0 aliphatic carbocycles. The molecule has 0 bridgehead atoms. The van der Waals surface area contributed by atoms with E-state index in [0.717, 1.165) is 18.8 Å². The highest BCUT2D eigenvalue weighted by atomic mass is 35.5. The summed E-state index contributed by atoms with van der Waals surface area (Å²) in [7, 11) is 0. The van der Waals surface area contributed by atoms with E-state index in [1.807, 2.05) is 0 Å². The predicted octanol–water partition coefficient (Wildman–Crippen LogP) is 2.90. The largest absolute Gasteiger partial charge is 0.461 e. The van der Waals surface area contributed by atoms with Gasteiger partial charge in [0, 0.05) is 13.1 Å². The molecule has 4 nitrogen and oxygen atoms in total. The maximum absolute atomic E-state index is 11.6. The molecule has 0 spiro atoms. The number of carbonyl (C=O) groups is 1. The molecule has 0 amide bonds. The summed E-state index contributed by atoms with van der Waals surface area (Å²) in [5, 5.41) is 0.358. The van der Waals surface area contributed by atoms with Gasteiger partial charge in [0.15, 0.2) is 5.69 Å². The molecule has 1 aromatic rings. The van der Waals surface area contributed by atoms with Gasteiger partial charge in [0.2, 0.25) is 0 Å². The van der Waals surface area contributed by atoms with Gasteiger partial charge in [-0.05, 0) is 32.3 Å². The summed E-state index contributed by atoms with van der Waals surface area (Å²) in [5.41, 5.74) is 1.17. The SMILES string of the molecule is CCOC(=O)c1ncc(N2CCCCC2)cc1Cl. The van der Waals surface area contributed by atoms with Crippen molar-refractivity contribution in [1.29, 1.82) is 0 Å². The van der Waals surface area contributed by atoms with Crippen molar-refractivity contribution < 1.29 is 9.53 Å². The number of nitrogens with zero attached hydrogens (tertiary/aromatic N) is 2. The topological polar surface area (TPSA) is 42.4 Å². The summed E-state index contributed by atoms with van der Waals surface area (Å²) in [6, 6.07) is 1.80. The maximum atomic E-state index is 11.6. The average Bonchev–Trinajstić information content (AvgIpc) is 2.40. The molecule has 0 unspecified atom stereocenters. The molecule has 5 heteroatoms. The summed E-state index contributed by atoms with van der Waals surface area (Å²) in [6.07, 6.45) is 5.36. The maximum Gasteiger partial charge on any atom is 0.358 e. The predicted molar refractivity (Wildman–Crippen MR) is 71.3 cm³/mol. The quantitative estimate of drug-likeness (QED) is 0.791. The molecule has 1 aliphatic heterocycles. The Labute approximate surface area is 112 Å². The third-order valence-electron chi connectivity index (χ3n) is 3.02. The van der Waals surface area contributed by atoms with Crippen molar-refractivity contribution in [2.24, 2.45) is 0 Å². The average molecular weight is 269 g/mol. The molecule has 0 aromatic carbocycles. The first kappa shape index (κ1) is 13.1. The number of aromatic nitrogens is 1. The van der Waals surface area contributed by atoms with Gasteiger partial charge in [0.05, 0.1) is 23.5 Å². The minimum absolute atomic E-state index is 0.194. The van der Waals surface area contributed by atoms with Crippen molar-refractivity contribution in [3.8, 4) is 0 Å². The van der Waals surface area contributed by atoms with E-state index in [9.17, 15) is 4.79 Å². The van der Waals surface area contributed by atoms with Crippen LogP contribution in [0.5, 0.6) is 0 Å². The van der Waals surface area contributed by atoms with E-state index in [0.29, 0.717) is 11.6 Å². The van der Waals surface area contributed by atoms with E-state index >= 15 is 0 Å². The van der Waals surface area contributed by atoms with Crippen LogP contribution in [0.2, 0.25) is 5.02 Å². The van der Waals surface area contributed by atoms with Crippen molar-refractivity contribution in [1.82, 2.24) is 4.98 Å². The van der Waals surface area contributed by atoms with Gasteiger partial charge >= 0.3 is 5.97 Å². The minimum Gasteiger partial charge on any atom is -0.461 e. The first-order chi connectivity index (χ1) is 8.72. The van der Waals surface area contributed by atoms with E-state index < -0.39 is 5.97 Å². The van der Waals surface area contributed by atoms with Gasteiger partial charge in [0.1, 0.15) is 0 Å². The Bertz CT molecular complexity index is 431. The minimum atomic E-state index is -0.465. The fourth-order valence-electron chi connectivity index (χ4n) is 2.10. The van der Waals surface area contributed by atoms with Gasteiger partial charge < -0.3 is 9.64 Å². The number of pyridine rings is 1. The number of piperidine rings is 1. The number of hydrogen-bond acceptors (Lipinski definition) is 4. The number of rotatable bonds is 3. The Hall–Kier alpha value is -1.29. The van der Waals surface area contributed by atoms with Crippen LogP contribution >= 0.6 is 11.6 Å². The van der Waals surface area contributed by atoms with Crippen LogP contribution in [0.15, 0.2) is 12.3 Å². The summed E-state index contributed by atoms with van der Waals surface area (Å²) < 4.78 is 4.89. The van der Waals surface area contributed by atoms with E-state index in [1.165, 1.54) is 19.3 Å². The van der Waals surface area contributed by atoms with Gasteiger partial charge in [-0.3, -0.25) is 0 Å². The van der Waals surface area contributed by atoms with E-state index in [1.54, 1.807) is 19.2 Å². The van der Waals surface area contributed by atoms with Crippen LogP contribution in [0.3, 0.4) is 0 Å². The Morgan fingerprint density at radius 3 is 2.78 bits per heavy atom. The highest BCUT2D eigenvalue weighted by Gasteiger charge is 2.17. The normalized spacial score (nSPS) is 15.6. The first-order valence-electron chi connectivity index (χ1n) is 6.30. The van der Waals surface area contributed by atoms with Gasteiger partial charge in [0.25, 0.3) is 0 Å². The fraction of sp³-hybridized carbons (Fsp3) is 0.538. The number of esters is 1. The molecular formula is C13H17ClN2O2. The number of anilines is 1. The Balaban J connectivity index is 2.16. The third-order valence-corrected chi connectivity index (χ3v) is 3.30. The van der Waals surface area contributed by atoms with Crippen molar-refractivity contribution in [3.63, 3.8) is 0 Å². The second-order valence-electron chi connectivity index (χ2n) is 4.29. The Morgan fingerprint density at radius 1 is 1.44 bits per heavy atom. The molecule has 0 saturated carbocycles. The summed E-state index contributed by atoms with van der Waals surface area (Å²) in [5.74, 6) is -0.465. The molecule has 1 saturated heterocycles. The molecule has 2 heterocycles. The van der Waals surface area contributed by atoms with E-state index in [2.05, 4.69) is 9.88 Å². The van der Waals surface area contributed by atoms with Crippen molar-refractivity contribution in [2.45, 2.75) is 26.2 Å². The van der Waals surface area contributed by atoms with Crippen molar-refractivity contribution in [2.75, 3.05) is 24.6 Å². The number of hydrogen-bond donors (Lipinski definition) is 0. The molecule has 0 N–H and O–H groups in total. The molecule has 1 fully saturated rings. The monoisotopic (exact) mass is 268 g/mol. The van der Waals surface area contributed by atoms with Crippen LogP contribution in [-0.4, -0.2) is 30.6 Å². The van der Waals surface area contributed by atoms with Crippen molar-refractivity contribution in [3.05, 3.63) is 23.0 Å². The lowest BCUT2D eigenvalue weighted by Crippen LogP contribution is -2.29. The second-order valence-corrected chi connectivity index (χ2v) is 4.70. The summed E-state index contributed by atoms with van der Waals surface area (Å²) >= 11 is 6.09. The van der Waals surface area contributed by atoms with Crippen LogP contribution in [0.1, 0.15) is 36.7 Å². The van der Waals surface area contributed by atoms with Crippen LogP contribution in [0.25, 0.3) is 0 Å². The van der Waals surface area contributed by atoms with Gasteiger partial charge in [-0.25, -0.2) is 9.78 Å². The smallest absolute Gasteiger partial charge is 0.358 e. The number of carbonyl (C=O) groups excluding carboxylic acids is 1. The molecule has 2 rings (SSSR count). The standard InChI is InChI=1S/C13H17ClN2O2/c1-2-18-13(17)12-11(14)8-10(9-15-12)16-6-4-3-5-7-16/h8-9H,2-7H2,1H3. The molecule has 98 valence electrons. The molecular weight excluding hydrogens is 252 g/mol. The van der Waals surface area contributed by atoms with Gasteiger partial charge in [-0.15, -0.1) is 0 Å².